The van der Waals surface area contributed by atoms with Crippen LogP contribution in [0.15, 0.2) is 36.4 Å². The van der Waals surface area contributed by atoms with Gasteiger partial charge in [-0.3, -0.25) is 0 Å². The predicted octanol–water partition coefficient (Wildman–Crippen LogP) is 9.69. The number of nitrogens with two attached hydrogens (primary N) is 1. The zero-order valence-corrected chi connectivity index (χ0v) is 25.0. The fraction of sp³-hybridized carbons (Fsp3) is 0.231. The van der Waals surface area contributed by atoms with Crippen LogP contribution in [0, 0.1) is 0 Å². The van der Waals surface area contributed by atoms with Crippen LogP contribution in [0.1, 0.15) is 50.7 Å². The molecule has 0 aliphatic rings. The fourth-order valence-electron chi connectivity index (χ4n) is 3.55. The van der Waals surface area contributed by atoms with Gasteiger partial charge in [0, 0.05) is 29.1 Å². The van der Waals surface area contributed by atoms with Gasteiger partial charge in [0.1, 0.15) is 0 Å². The molecule has 13 heteroatoms. The molecule has 0 amide bonds. The van der Waals surface area contributed by atoms with E-state index in [1.54, 1.807) is 36.4 Å². The summed E-state index contributed by atoms with van der Waals surface area (Å²) in [6.07, 6.45) is 0. The van der Waals surface area contributed by atoms with Crippen LogP contribution >= 0.6 is 58.0 Å². The lowest BCUT2D eigenvalue weighted by Gasteiger charge is -2.16. The van der Waals surface area contributed by atoms with Gasteiger partial charge in [-0.1, -0.05) is 85.7 Å². The molecule has 2 heterocycles. The van der Waals surface area contributed by atoms with Gasteiger partial charge in [-0.05, 0) is 41.7 Å². The van der Waals surface area contributed by atoms with E-state index in [-0.39, 0.29) is 55.2 Å². The van der Waals surface area contributed by atoms with E-state index in [4.69, 9.17) is 73.2 Å². The van der Waals surface area contributed by atoms with Crippen molar-refractivity contribution in [1.29, 1.82) is 0 Å². The van der Waals surface area contributed by atoms with Crippen LogP contribution in [-0.4, -0.2) is 20.4 Å². The van der Waals surface area contributed by atoms with Crippen LogP contribution in [0.2, 0.25) is 25.2 Å². The molecule has 8 nitrogen and oxygen atoms in total. The highest BCUT2D eigenvalue weighted by molar-refractivity contribution is 6.38. The van der Waals surface area contributed by atoms with Crippen LogP contribution in [0.5, 0.6) is 23.3 Å². The first-order chi connectivity index (χ1) is 18.4. The van der Waals surface area contributed by atoms with E-state index < -0.39 is 0 Å². The molecular formula is C26H23Cl5N6O2. The Balaban J connectivity index is 1.59. The molecule has 204 valence electrons. The Kier molecular flexibility index (Phi) is 9.14. The van der Waals surface area contributed by atoms with Gasteiger partial charge in [-0.25, -0.2) is 0 Å². The lowest BCUT2D eigenvalue weighted by Crippen LogP contribution is -2.04. The molecule has 0 saturated carbocycles. The minimum Gasteiger partial charge on any atom is -0.434 e. The van der Waals surface area contributed by atoms with Gasteiger partial charge in [-0.15, -0.1) is 20.4 Å². The van der Waals surface area contributed by atoms with E-state index >= 15 is 0 Å². The number of nitrogen functional groups attached to an aromatic ring is 1. The Morgan fingerprint density at radius 2 is 1.10 bits per heavy atom. The van der Waals surface area contributed by atoms with Crippen molar-refractivity contribution in [1.82, 2.24) is 20.4 Å². The maximum Gasteiger partial charge on any atom is 0.239 e. The van der Waals surface area contributed by atoms with E-state index in [9.17, 15) is 0 Å². The molecule has 0 bridgehead atoms. The first-order valence-corrected chi connectivity index (χ1v) is 13.6. The minimum atomic E-state index is 0.0508. The molecule has 2 aromatic heterocycles. The minimum absolute atomic E-state index is 0.0508. The van der Waals surface area contributed by atoms with Gasteiger partial charge >= 0.3 is 0 Å². The molecule has 0 aliphatic carbocycles. The SMILES string of the molecule is CC(C)c1cc(Oc2c(Cl)cc(Nc3nnc(Oc4c(Cl)cc(N)cc4Cl)cc3C(C)C)cc2Cl)nnc1Cl. The Bertz CT molecular complexity index is 1490. The van der Waals surface area contributed by atoms with Gasteiger partial charge < -0.3 is 20.5 Å². The summed E-state index contributed by atoms with van der Waals surface area (Å²) in [5, 5.41) is 20.9. The third kappa shape index (κ3) is 6.88. The average molecular weight is 629 g/mol. The van der Waals surface area contributed by atoms with Crippen molar-refractivity contribution < 1.29 is 9.47 Å². The molecule has 0 atom stereocenters. The van der Waals surface area contributed by atoms with Gasteiger partial charge in [0.25, 0.3) is 0 Å². The van der Waals surface area contributed by atoms with Gasteiger partial charge in [-0.2, -0.15) is 0 Å². The molecule has 4 rings (SSSR count). The number of hydrogen-bond acceptors (Lipinski definition) is 8. The second-order valence-electron chi connectivity index (χ2n) is 9.14. The average Bonchev–Trinajstić information content (AvgIpc) is 2.85. The summed E-state index contributed by atoms with van der Waals surface area (Å²) in [5.41, 5.74) is 8.36. The van der Waals surface area contributed by atoms with Crippen molar-refractivity contribution >= 4 is 75.2 Å². The fourth-order valence-corrected chi connectivity index (χ4v) is 5.01. The molecule has 2 aromatic carbocycles. The quantitative estimate of drug-likeness (QED) is 0.186. The molecule has 0 saturated heterocycles. The van der Waals surface area contributed by atoms with Crippen LogP contribution in [0.4, 0.5) is 17.2 Å². The van der Waals surface area contributed by atoms with Crippen LogP contribution in [0.25, 0.3) is 0 Å². The van der Waals surface area contributed by atoms with E-state index in [0.29, 0.717) is 22.3 Å². The molecule has 0 aliphatic heterocycles. The number of nitrogens with zero attached hydrogens (tertiary/aromatic N) is 4. The summed E-state index contributed by atoms with van der Waals surface area (Å²) in [7, 11) is 0. The number of hydrogen-bond donors (Lipinski definition) is 2. The number of anilines is 3. The maximum atomic E-state index is 6.53. The summed E-state index contributed by atoms with van der Waals surface area (Å²) in [6.45, 7) is 7.99. The van der Waals surface area contributed by atoms with Crippen molar-refractivity contribution in [3.05, 3.63) is 72.8 Å². The van der Waals surface area contributed by atoms with Crippen LogP contribution < -0.4 is 20.5 Å². The summed E-state index contributed by atoms with van der Waals surface area (Å²) >= 11 is 31.7. The highest BCUT2D eigenvalue weighted by Crippen LogP contribution is 2.41. The monoisotopic (exact) mass is 626 g/mol. The first kappa shape index (κ1) is 29.2. The standard InChI is InChI=1S/C26H23Cl5N6O2/c1-11(2)15-9-21(34-36-25(15)31)38-24-19(29)7-14(8-20(24)30)33-26-16(12(3)4)10-22(35-37-26)39-23-17(27)5-13(32)6-18(23)28/h5-12H,32H2,1-4H3,(H,33,37). The largest absolute Gasteiger partial charge is 0.434 e. The second kappa shape index (κ2) is 12.2. The predicted molar refractivity (Wildman–Crippen MR) is 158 cm³/mol. The maximum absolute atomic E-state index is 6.53. The second-order valence-corrected chi connectivity index (χ2v) is 11.1. The molecule has 0 spiro atoms. The highest BCUT2D eigenvalue weighted by Gasteiger charge is 2.18. The zero-order valence-electron chi connectivity index (χ0n) is 21.2. The lowest BCUT2D eigenvalue weighted by molar-refractivity contribution is 0.454. The van der Waals surface area contributed by atoms with Crippen molar-refractivity contribution in [2.45, 2.75) is 39.5 Å². The number of benzene rings is 2. The first-order valence-electron chi connectivity index (χ1n) is 11.7. The Labute approximate surface area is 250 Å². The van der Waals surface area contributed by atoms with Gasteiger partial charge in [0.2, 0.25) is 11.8 Å². The smallest absolute Gasteiger partial charge is 0.239 e. The van der Waals surface area contributed by atoms with Crippen molar-refractivity contribution in [2.24, 2.45) is 0 Å². The normalized spacial score (nSPS) is 11.3. The van der Waals surface area contributed by atoms with Gasteiger partial charge in [0.05, 0.1) is 20.1 Å². The zero-order chi connectivity index (χ0) is 28.4. The van der Waals surface area contributed by atoms with Crippen LogP contribution in [0.3, 0.4) is 0 Å². The van der Waals surface area contributed by atoms with Crippen LogP contribution in [-0.2, 0) is 0 Å². The third-order valence-electron chi connectivity index (χ3n) is 5.49. The summed E-state index contributed by atoms with van der Waals surface area (Å²) in [4.78, 5) is 0. The molecule has 0 unspecified atom stereocenters. The molecule has 0 radical (unpaired) electrons. The molecule has 3 N–H and O–H groups in total. The molecule has 0 fully saturated rings. The number of aromatic nitrogens is 4. The van der Waals surface area contributed by atoms with E-state index in [1.165, 1.54) is 0 Å². The number of rotatable bonds is 8. The molecular weight excluding hydrogens is 606 g/mol. The van der Waals surface area contributed by atoms with E-state index in [0.717, 1.165) is 11.1 Å². The number of ether oxygens (including phenoxy) is 2. The summed E-state index contributed by atoms with van der Waals surface area (Å²) < 4.78 is 11.7. The Morgan fingerprint density at radius 3 is 1.62 bits per heavy atom. The number of nitrogens with one attached hydrogen (secondary N) is 1. The number of halogens is 5. The van der Waals surface area contributed by atoms with Gasteiger partial charge in [0.15, 0.2) is 22.5 Å². The Hall–Kier alpha value is -2.75. The lowest BCUT2D eigenvalue weighted by atomic mass is 10.0. The topological polar surface area (TPSA) is 108 Å². The Morgan fingerprint density at radius 1 is 0.641 bits per heavy atom. The highest BCUT2D eigenvalue weighted by atomic mass is 35.5. The molecule has 4 aromatic rings. The summed E-state index contributed by atoms with van der Waals surface area (Å²) in [6, 6.07) is 9.84. The van der Waals surface area contributed by atoms with Crippen molar-refractivity contribution in [3.8, 4) is 23.3 Å². The summed E-state index contributed by atoms with van der Waals surface area (Å²) in [5.74, 6) is 1.55. The van der Waals surface area contributed by atoms with Crippen molar-refractivity contribution in [3.63, 3.8) is 0 Å². The van der Waals surface area contributed by atoms with E-state index in [1.807, 2.05) is 27.7 Å². The van der Waals surface area contributed by atoms with E-state index in [2.05, 4.69) is 25.7 Å². The molecule has 39 heavy (non-hydrogen) atoms. The third-order valence-corrected chi connectivity index (χ3v) is 6.91. The van der Waals surface area contributed by atoms with Crippen molar-refractivity contribution in [2.75, 3.05) is 11.1 Å².